The summed E-state index contributed by atoms with van der Waals surface area (Å²) in [6.07, 6.45) is 5.50. The van der Waals surface area contributed by atoms with Crippen LogP contribution in [0.25, 0.3) is 0 Å². The SMILES string of the molecule is CCCN(CC)CCNC(=O)C1CCC(NC)CC1. The minimum absolute atomic E-state index is 0.242. The van der Waals surface area contributed by atoms with E-state index in [1.54, 1.807) is 0 Å². The van der Waals surface area contributed by atoms with E-state index in [9.17, 15) is 4.79 Å². The molecule has 19 heavy (non-hydrogen) atoms. The second-order valence-electron chi connectivity index (χ2n) is 5.56. The first-order chi connectivity index (χ1) is 9.21. The fourth-order valence-electron chi connectivity index (χ4n) is 2.87. The van der Waals surface area contributed by atoms with Crippen molar-refractivity contribution in [3.63, 3.8) is 0 Å². The predicted molar refractivity (Wildman–Crippen MR) is 80.2 cm³/mol. The van der Waals surface area contributed by atoms with Crippen LogP contribution in [0.1, 0.15) is 46.0 Å². The van der Waals surface area contributed by atoms with Gasteiger partial charge in [-0.3, -0.25) is 4.79 Å². The maximum Gasteiger partial charge on any atom is 0.223 e. The van der Waals surface area contributed by atoms with E-state index < -0.39 is 0 Å². The molecule has 0 saturated heterocycles. The van der Waals surface area contributed by atoms with E-state index in [0.29, 0.717) is 6.04 Å². The maximum absolute atomic E-state index is 12.1. The van der Waals surface area contributed by atoms with Gasteiger partial charge in [0.05, 0.1) is 0 Å². The van der Waals surface area contributed by atoms with Crippen molar-refractivity contribution in [2.24, 2.45) is 5.92 Å². The number of nitrogens with one attached hydrogen (secondary N) is 2. The van der Waals surface area contributed by atoms with Crippen molar-refractivity contribution in [2.75, 3.05) is 33.2 Å². The van der Waals surface area contributed by atoms with E-state index in [1.807, 2.05) is 7.05 Å². The molecule has 0 radical (unpaired) electrons. The summed E-state index contributed by atoms with van der Waals surface area (Å²) in [6, 6.07) is 0.615. The summed E-state index contributed by atoms with van der Waals surface area (Å²) < 4.78 is 0. The first kappa shape index (κ1) is 16.4. The van der Waals surface area contributed by atoms with E-state index in [4.69, 9.17) is 0 Å². The Morgan fingerprint density at radius 1 is 1.16 bits per heavy atom. The van der Waals surface area contributed by atoms with Gasteiger partial charge in [0.15, 0.2) is 0 Å². The Morgan fingerprint density at radius 2 is 1.84 bits per heavy atom. The van der Waals surface area contributed by atoms with Crippen LogP contribution in [-0.2, 0) is 4.79 Å². The number of nitrogens with zero attached hydrogens (tertiary/aromatic N) is 1. The molecule has 4 nitrogen and oxygen atoms in total. The van der Waals surface area contributed by atoms with Crippen molar-refractivity contribution >= 4 is 5.91 Å². The quantitative estimate of drug-likeness (QED) is 0.704. The molecule has 0 aromatic heterocycles. The summed E-state index contributed by atoms with van der Waals surface area (Å²) in [5.41, 5.74) is 0. The lowest BCUT2D eigenvalue weighted by Crippen LogP contribution is -2.40. The topological polar surface area (TPSA) is 44.4 Å². The van der Waals surface area contributed by atoms with Gasteiger partial charge in [-0.1, -0.05) is 13.8 Å². The standard InChI is InChI=1S/C15H31N3O/c1-4-11-18(5-2)12-10-17-15(19)13-6-8-14(16-3)9-7-13/h13-14,16H,4-12H2,1-3H3,(H,17,19). The molecule has 0 atom stereocenters. The predicted octanol–water partition coefficient (Wildman–Crippen LogP) is 1.61. The summed E-state index contributed by atoms with van der Waals surface area (Å²) in [4.78, 5) is 14.5. The van der Waals surface area contributed by atoms with Gasteiger partial charge >= 0.3 is 0 Å². The van der Waals surface area contributed by atoms with Gasteiger partial charge in [-0.2, -0.15) is 0 Å². The van der Waals surface area contributed by atoms with Crippen LogP contribution in [0.4, 0.5) is 0 Å². The highest BCUT2D eigenvalue weighted by molar-refractivity contribution is 5.78. The molecule has 1 aliphatic carbocycles. The summed E-state index contributed by atoms with van der Waals surface area (Å²) >= 11 is 0. The van der Waals surface area contributed by atoms with Gasteiger partial charge in [-0.25, -0.2) is 0 Å². The Morgan fingerprint density at radius 3 is 2.37 bits per heavy atom. The molecule has 1 aliphatic rings. The molecule has 0 bridgehead atoms. The second kappa shape index (κ2) is 9.32. The van der Waals surface area contributed by atoms with Crippen LogP contribution in [0.15, 0.2) is 0 Å². The number of rotatable bonds is 8. The Balaban J connectivity index is 2.17. The molecule has 0 unspecified atom stereocenters. The van der Waals surface area contributed by atoms with Crippen molar-refractivity contribution in [3.8, 4) is 0 Å². The molecule has 1 amide bonds. The van der Waals surface area contributed by atoms with E-state index in [1.165, 1.54) is 6.42 Å². The van der Waals surface area contributed by atoms with Gasteiger partial charge in [0.25, 0.3) is 0 Å². The zero-order chi connectivity index (χ0) is 14.1. The smallest absolute Gasteiger partial charge is 0.223 e. The van der Waals surface area contributed by atoms with Crippen LogP contribution in [0, 0.1) is 5.92 Å². The highest BCUT2D eigenvalue weighted by Gasteiger charge is 2.25. The Kier molecular flexibility index (Phi) is 8.07. The zero-order valence-electron chi connectivity index (χ0n) is 12.9. The van der Waals surface area contributed by atoms with Crippen LogP contribution < -0.4 is 10.6 Å². The van der Waals surface area contributed by atoms with Gasteiger partial charge in [0, 0.05) is 25.0 Å². The fourth-order valence-corrected chi connectivity index (χ4v) is 2.87. The summed E-state index contributed by atoms with van der Waals surface area (Å²) in [5.74, 6) is 0.507. The Labute approximate surface area is 118 Å². The number of likely N-dealkylation sites (N-methyl/N-ethyl adjacent to an activating group) is 1. The van der Waals surface area contributed by atoms with E-state index in [2.05, 4.69) is 29.4 Å². The molecule has 0 heterocycles. The van der Waals surface area contributed by atoms with Crippen molar-refractivity contribution in [1.29, 1.82) is 0 Å². The zero-order valence-corrected chi connectivity index (χ0v) is 12.9. The van der Waals surface area contributed by atoms with Crippen molar-refractivity contribution < 1.29 is 4.79 Å². The van der Waals surface area contributed by atoms with Crippen LogP contribution in [0.5, 0.6) is 0 Å². The van der Waals surface area contributed by atoms with Gasteiger partial charge in [-0.05, 0) is 52.2 Å². The first-order valence-corrected chi connectivity index (χ1v) is 7.88. The number of hydrogen-bond donors (Lipinski definition) is 2. The third-order valence-corrected chi connectivity index (χ3v) is 4.22. The second-order valence-corrected chi connectivity index (χ2v) is 5.56. The average molecular weight is 269 g/mol. The summed E-state index contributed by atoms with van der Waals surface area (Å²) in [7, 11) is 2.01. The molecule has 1 rings (SSSR count). The Bertz CT molecular complexity index is 250. The molecule has 0 aromatic rings. The van der Waals surface area contributed by atoms with E-state index >= 15 is 0 Å². The summed E-state index contributed by atoms with van der Waals surface area (Å²) in [5, 5.41) is 6.41. The number of amides is 1. The molecule has 112 valence electrons. The Hall–Kier alpha value is -0.610. The van der Waals surface area contributed by atoms with Gasteiger partial charge in [0.2, 0.25) is 5.91 Å². The molecule has 0 spiro atoms. The third-order valence-electron chi connectivity index (χ3n) is 4.22. The minimum atomic E-state index is 0.242. The maximum atomic E-state index is 12.1. The molecule has 0 aliphatic heterocycles. The molecule has 1 saturated carbocycles. The molecular weight excluding hydrogens is 238 g/mol. The van der Waals surface area contributed by atoms with Gasteiger partial charge in [-0.15, -0.1) is 0 Å². The van der Waals surface area contributed by atoms with Crippen LogP contribution in [0.3, 0.4) is 0 Å². The van der Waals surface area contributed by atoms with Gasteiger partial charge < -0.3 is 15.5 Å². The molecule has 2 N–H and O–H groups in total. The van der Waals surface area contributed by atoms with Crippen molar-refractivity contribution in [1.82, 2.24) is 15.5 Å². The fraction of sp³-hybridized carbons (Fsp3) is 0.933. The lowest BCUT2D eigenvalue weighted by molar-refractivity contribution is -0.126. The number of hydrogen-bond acceptors (Lipinski definition) is 3. The highest BCUT2D eigenvalue weighted by Crippen LogP contribution is 2.24. The molecule has 1 fully saturated rings. The van der Waals surface area contributed by atoms with Crippen LogP contribution >= 0.6 is 0 Å². The van der Waals surface area contributed by atoms with Gasteiger partial charge in [0.1, 0.15) is 0 Å². The van der Waals surface area contributed by atoms with E-state index in [-0.39, 0.29) is 11.8 Å². The number of carbonyl (C=O) groups is 1. The normalized spacial score (nSPS) is 23.6. The van der Waals surface area contributed by atoms with Crippen LogP contribution in [0.2, 0.25) is 0 Å². The monoisotopic (exact) mass is 269 g/mol. The third kappa shape index (κ3) is 5.91. The molecule has 0 aromatic carbocycles. The average Bonchev–Trinajstić information content (AvgIpc) is 2.46. The largest absolute Gasteiger partial charge is 0.355 e. The first-order valence-electron chi connectivity index (χ1n) is 7.88. The minimum Gasteiger partial charge on any atom is -0.355 e. The highest BCUT2D eigenvalue weighted by atomic mass is 16.1. The summed E-state index contributed by atoms with van der Waals surface area (Å²) in [6.45, 7) is 8.33. The van der Waals surface area contributed by atoms with Crippen LogP contribution in [-0.4, -0.2) is 50.1 Å². The molecular formula is C15H31N3O. The lowest BCUT2D eigenvalue weighted by atomic mass is 9.85. The lowest BCUT2D eigenvalue weighted by Gasteiger charge is -2.27. The molecule has 4 heteroatoms. The number of carbonyl (C=O) groups excluding carboxylic acids is 1. The van der Waals surface area contributed by atoms with E-state index in [0.717, 1.165) is 51.9 Å². The van der Waals surface area contributed by atoms with Crippen molar-refractivity contribution in [3.05, 3.63) is 0 Å². The van der Waals surface area contributed by atoms with Crippen molar-refractivity contribution in [2.45, 2.75) is 52.0 Å².